The number of thiazole rings is 1. The monoisotopic (exact) mass is 317 g/mol. The molecule has 5 nitrogen and oxygen atoms in total. The molecule has 0 radical (unpaired) electrons. The number of anilines is 2. The van der Waals surface area contributed by atoms with Crippen molar-refractivity contribution in [3.8, 4) is 10.6 Å². The van der Waals surface area contributed by atoms with E-state index in [1.54, 1.807) is 23.7 Å². The Balaban J connectivity index is 1.90. The van der Waals surface area contributed by atoms with E-state index in [9.17, 15) is 0 Å². The van der Waals surface area contributed by atoms with Crippen molar-refractivity contribution in [3.63, 3.8) is 0 Å². The van der Waals surface area contributed by atoms with Gasteiger partial charge in [0.15, 0.2) is 0 Å². The highest BCUT2D eigenvalue weighted by Crippen LogP contribution is 2.39. The lowest BCUT2D eigenvalue weighted by Gasteiger charge is -2.14. The number of hydrogen-bond acceptors (Lipinski definition) is 7. The van der Waals surface area contributed by atoms with Crippen molar-refractivity contribution < 1.29 is 0 Å². The lowest BCUT2D eigenvalue weighted by molar-refractivity contribution is 0.885. The molecule has 0 bridgehead atoms. The van der Waals surface area contributed by atoms with Crippen molar-refractivity contribution >= 4 is 33.7 Å². The van der Waals surface area contributed by atoms with Crippen LogP contribution in [0.5, 0.6) is 0 Å². The van der Waals surface area contributed by atoms with E-state index in [-0.39, 0.29) is 6.04 Å². The zero-order valence-corrected chi connectivity index (χ0v) is 13.3. The van der Waals surface area contributed by atoms with Crippen molar-refractivity contribution in [1.82, 2.24) is 14.3 Å². The van der Waals surface area contributed by atoms with Gasteiger partial charge in [0.1, 0.15) is 15.8 Å². The number of nitrogen functional groups attached to an aromatic ring is 1. The summed E-state index contributed by atoms with van der Waals surface area (Å²) in [6.45, 7) is 4.07. The maximum Gasteiger partial charge on any atom is 0.149 e. The summed E-state index contributed by atoms with van der Waals surface area (Å²) in [5, 5.41) is 7.34. The van der Waals surface area contributed by atoms with Crippen LogP contribution >= 0.6 is 22.9 Å². The summed E-state index contributed by atoms with van der Waals surface area (Å²) in [6, 6.07) is 4.14. The fourth-order valence-corrected chi connectivity index (χ4v) is 3.73. The highest BCUT2D eigenvalue weighted by Gasteiger charge is 2.18. The zero-order chi connectivity index (χ0) is 14.8. The number of rotatable bonds is 4. The maximum absolute atomic E-state index is 6.01. The van der Waals surface area contributed by atoms with Crippen LogP contribution in [0.15, 0.2) is 29.9 Å². The Bertz CT molecular complexity index is 735. The average molecular weight is 317 g/mol. The second kappa shape index (κ2) is 5.79. The standard InChI is InChI=1S/C14H15N5S2/c1-8-7-20-13(17-8)11-12(15)19-21-14(11)18-9(2)10-3-5-16-6-4-10/h3-7,9,18H,1-2H3,(H2,15,19). The van der Waals surface area contributed by atoms with E-state index < -0.39 is 0 Å². The summed E-state index contributed by atoms with van der Waals surface area (Å²) in [5.74, 6) is 0.527. The van der Waals surface area contributed by atoms with Crippen molar-refractivity contribution in [2.24, 2.45) is 0 Å². The predicted molar refractivity (Wildman–Crippen MR) is 88.6 cm³/mol. The maximum atomic E-state index is 6.01. The van der Waals surface area contributed by atoms with Crippen molar-refractivity contribution in [2.75, 3.05) is 11.1 Å². The van der Waals surface area contributed by atoms with E-state index >= 15 is 0 Å². The van der Waals surface area contributed by atoms with Gasteiger partial charge in [0.25, 0.3) is 0 Å². The van der Waals surface area contributed by atoms with E-state index in [0.29, 0.717) is 5.82 Å². The summed E-state index contributed by atoms with van der Waals surface area (Å²) < 4.78 is 4.26. The second-order valence-electron chi connectivity index (χ2n) is 4.71. The molecule has 3 N–H and O–H groups in total. The van der Waals surface area contributed by atoms with Gasteiger partial charge in [0.2, 0.25) is 0 Å². The van der Waals surface area contributed by atoms with E-state index in [0.717, 1.165) is 21.3 Å². The first-order valence-electron chi connectivity index (χ1n) is 6.49. The fraction of sp³-hybridized carbons (Fsp3) is 0.214. The highest BCUT2D eigenvalue weighted by molar-refractivity contribution is 7.15. The summed E-state index contributed by atoms with van der Waals surface area (Å²) in [6.07, 6.45) is 3.58. The fourth-order valence-electron chi connectivity index (χ4n) is 2.01. The quantitative estimate of drug-likeness (QED) is 0.767. The van der Waals surface area contributed by atoms with Gasteiger partial charge in [-0.2, -0.15) is 4.37 Å². The topological polar surface area (TPSA) is 76.7 Å². The Kier molecular flexibility index (Phi) is 3.85. The van der Waals surface area contributed by atoms with Crippen LogP contribution in [0.3, 0.4) is 0 Å². The Hall–Kier alpha value is -1.99. The minimum absolute atomic E-state index is 0.146. The number of nitrogens with zero attached hydrogens (tertiary/aromatic N) is 3. The van der Waals surface area contributed by atoms with Crippen LogP contribution in [-0.2, 0) is 0 Å². The summed E-state index contributed by atoms with van der Waals surface area (Å²) in [4.78, 5) is 8.55. The lowest BCUT2D eigenvalue weighted by Crippen LogP contribution is -2.06. The number of aryl methyl sites for hydroxylation is 1. The number of aromatic nitrogens is 3. The molecule has 3 aromatic heterocycles. The first kappa shape index (κ1) is 14.0. The number of nitrogens with two attached hydrogens (primary N) is 1. The Labute approximate surface area is 131 Å². The normalized spacial score (nSPS) is 12.3. The minimum atomic E-state index is 0.146. The molecule has 1 unspecified atom stereocenters. The van der Waals surface area contributed by atoms with Gasteiger partial charge in [-0.3, -0.25) is 4.98 Å². The van der Waals surface area contributed by atoms with Gasteiger partial charge in [-0.25, -0.2) is 4.98 Å². The van der Waals surface area contributed by atoms with Crippen LogP contribution < -0.4 is 11.1 Å². The smallest absolute Gasteiger partial charge is 0.149 e. The van der Waals surface area contributed by atoms with Crippen molar-refractivity contribution in [3.05, 3.63) is 41.2 Å². The van der Waals surface area contributed by atoms with Crippen LogP contribution in [0.2, 0.25) is 0 Å². The molecule has 0 aliphatic heterocycles. The third-order valence-corrected chi connectivity index (χ3v) is 4.88. The average Bonchev–Trinajstić information content (AvgIpc) is 3.06. The first-order chi connectivity index (χ1) is 10.1. The van der Waals surface area contributed by atoms with Gasteiger partial charge >= 0.3 is 0 Å². The molecule has 108 valence electrons. The minimum Gasteiger partial charge on any atom is -0.382 e. The molecular formula is C14H15N5S2. The third-order valence-electron chi connectivity index (χ3n) is 3.11. The molecule has 1 atom stereocenters. The van der Waals surface area contributed by atoms with Gasteiger partial charge in [-0.1, -0.05) is 0 Å². The van der Waals surface area contributed by atoms with E-state index in [4.69, 9.17) is 5.73 Å². The lowest BCUT2D eigenvalue weighted by atomic mass is 10.1. The van der Waals surface area contributed by atoms with Crippen molar-refractivity contribution in [1.29, 1.82) is 0 Å². The van der Waals surface area contributed by atoms with Crippen molar-refractivity contribution in [2.45, 2.75) is 19.9 Å². The second-order valence-corrected chi connectivity index (χ2v) is 6.34. The molecule has 0 aliphatic rings. The van der Waals surface area contributed by atoms with E-state index in [2.05, 4.69) is 26.6 Å². The van der Waals surface area contributed by atoms with Crippen LogP contribution in [0.1, 0.15) is 24.2 Å². The molecule has 0 aromatic carbocycles. The molecule has 7 heteroatoms. The van der Waals surface area contributed by atoms with Crippen LogP contribution in [-0.4, -0.2) is 14.3 Å². The van der Waals surface area contributed by atoms with E-state index in [1.165, 1.54) is 17.1 Å². The van der Waals surface area contributed by atoms with Gasteiger partial charge in [-0.15, -0.1) is 11.3 Å². The molecule has 3 aromatic rings. The molecule has 21 heavy (non-hydrogen) atoms. The van der Waals surface area contributed by atoms with E-state index in [1.807, 2.05) is 24.4 Å². The molecule has 0 aliphatic carbocycles. The predicted octanol–water partition coefficient (Wildman–Crippen LogP) is 3.73. The summed E-state index contributed by atoms with van der Waals surface area (Å²) in [5.41, 5.74) is 9.07. The van der Waals surface area contributed by atoms with Crippen LogP contribution in [0.4, 0.5) is 10.8 Å². The third kappa shape index (κ3) is 2.88. The number of pyridine rings is 1. The van der Waals surface area contributed by atoms with Gasteiger partial charge in [0.05, 0.1) is 5.56 Å². The molecule has 3 rings (SSSR count). The molecule has 0 saturated heterocycles. The number of nitrogens with one attached hydrogen (secondary N) is 1. The molecule has 0 amide bonds. The van der Waals surface area contributed by atoms with Gasteiger partial charge in [-0.05, 0) is 43.1 Å². The molecule has 0 saturated carbocycles. The molecule has 0 spiro atoms. The molecular weight excluding hydrogens is 302 g/mol. The first-order valence-corrected chi connectivity index (χ1v) is 8.14. The van der Waals surface area contributed by atoms with Gasteiger partial charge < -0.3 is 11.1 Å². The molecule has 0 fully saturated rings. The molecule has 3 heterocycles. The summed E-state index contributed by atoms with van der Waals surface area (Å²) in [7, 11) is 0. The Morgan fingerprint density at radius 2 is 2.05 bits per heavy atom. The van der Waals surface area contributed by atoms with Gasteiger partial charge in [0, 0.05) is 29.5 Å². The summed E-state index contributed by atoms with van der Waals surface area (Å²) >= 11 is 2.95. The van der Waals surface area contributed by atoms with Crippen LogP contribution in [0.25, 0.3) is 10.6 Å². The number of hydrogen-bond donors (Lipinski definition) is 2. The SMILES string of the molecule is Cc1csc(-c2c(N)nsc2NC(C)c2ccncc2)n1. The Morgan fingerprint density at radius 1 is 1.29 bits per heavy atom. The Morgan fingerprint density at radius 3 is 2.71 bits per heavy atom. The highest BCUT2D eigenvalue weighted by atomic mass is 32.1. The van der Waals surface area contributed by atoms with Crippen LogP contribution in [0, 0.1) is 6.92 Å². The largest absolute Gasteiger partial charge is 0.382 e. The zero-order valence-electron chi connectivity index (χ0n) is 11.7.